The Balaban J connectivity index is 2.65. The first-order chi connectivity index (χ1) is 7.11. The number of rotatable bonds is 4. The Hall–Kier alpha value is -1.77. The van der Waals surface area contributed by atoms with Crippen molar-refractivity contribution in [2.45, 2.75) is 6.92 Å². The molecule has 0 aliphatic rings. The molecule has 1 aromatic carbocycles. The first-order valence-electron chi connectivity index (χ1n) is 4.52. The number of halogens is 1. The van der Waals surface area contributed by atoms with Gasteiger partial charge in [0.15, 0.2) is 0 Å². The van der Waals surface area contributed by atoms with Crippen molar-refractivity contribution < 1.29 is 14.2 Å². The van der Waals surface area contributed by atoms with Crippen molar-refractivity contribution in [2.75, 3.05) is 6.61 Å². The van der Waals surface area contributed by atoms with Gasteiger partial charge in [0, 0.05) is 18.2 Å². The Labute approximate surface area is 88.3 Å². The van der Waals surface area contributed by atoms with Crippen LogP contribution in [0.25, 0.3) is 0 Å². The molecular formula is C12H13FO2. The number of phenolic OH excluding ortho intramolecular Hbond substituents is 1. The zero-order valence-electron chi connectivity index (χ0n) is 8.53. The summed E-state index contributed by atoms with van der Waals surface area (Å²) in [7, 11) is 0. The molecule has 0 heterocycles. The topological polar surface area (TPSA) is 29.5 Å². The number of ether oxygens (including phenoxy) is 1. The summed E-state index contributed by atoms with van der Waals surface area (Å²) in [5, 5.41) is 9.11. The molecule has 15 heavy (non-hydrogen) atoms. The first-order valence-corrected chi connectivity index (χ1v) is 4.52. The van der Waals surface area contributed by atoms with Gasteiger partial charge in [0.05, 0.1) is 0 Å². The molecule has 0 aromatic heterocycles. The molecular weight excluding hydrogens is 195 g/mol. The molecule has 0 aliphatic heterocycles. The largest absolute Gasteiger partial charge is 0.508 e. The SMILES string of the molecule is C=CC=C(C)COc1cc(O)cc(F)c1. The molecule has 0 atom stereocenters. The highest BCUT2D eigenvalue weighted by Gasteiger charge is 2.00. The summed E-state index contributed by atoms with van der Waals surface area (Å²) in [4.78, 5) is 0. The number of benzene rings is 1. The van der Waals surface area contributed by atoms with Crippen molar-refractivity contribution in [1.82, 2.24) is 0 Å². The van der Waals surface area contributed by atoms with Crippen molar-refractivity contribution in [3.8, 4) is 11.5 Å². The van der Waals surface area contributed by atoms with E-state index in [2.05, 4.69) is 6.58 Å². The summed E-state index contributed by atoms with van der Waals surface area (Å²) < 4.78 is 18.1. The van der Waals surface area contributed by atoms with E-state index in [-0.39, 0.29) is 5.75 Å². The van der Waals surface area contributed by atoms with E-state index < -0.39 is 5.82 Å². The van der Waals surface area contributed by atoms with Crippen LogP contribution in [0, 0.1) is 5.82 Å². The van der Waals surface area contributed by atoms with Crippen LogP contribution in [0.1, 0.15) is 6.92 Å². The molecule has 0 saturated heterocycles. The van der Waals surface area contributed by atoms with Gasteiger partial charge in [-0.15, -0.1) is 0 Å². The third-order valence-electron chi connectivity index (χ3n) is 1.72. The molecule has 0 fully saturated rings. The Morgan fingerprint density at radius 1 is 1.53 bits per heavy atom. The molecule has 0 saturated carbocycles. The van der Waals surface area contributed by atoms with E-state index >= 15 is 0 Å². The molecule has 3 heteroatoms. The lowest BCUT2D eigenvalue weighted by Crippen LogP contribution is -1.98. The predicted octanol–water partition coefficient (Wildman–Crippen LogP) is 3.04. The van der Waals surface area contributed by atoms with Crippen LogP contribution >= 0.6 is 0 Å². The highest BCUT2D eigenvalue weighted by atomic mass is 19.1. The Morgan fingerprint density at radius 2 is 2.27 bits per heavy atom. The quantitative estimate of drug-likeness (QED) is 0.770. The van der Waals surface area contributed by atoms with Crippen LogP contribution in [-0.4, -0.2) is 11.7 Å². The summed E-state index contributed by atoms with van der Waals surface area (Å²) in [5.41, 5.74) is 0.966. The van der Waals surface area contributed by atoms with Crippen LogP contribution in [-0.2, 0) is 0 Å². The molecule has 1 aromatic rings. The highest BCUT2D eigenvalue weighted by molar-refractivity contribution is 5.33. The third-order valence-corrected chi connectivity index (χ3v) is 1.72. The molecule has 1 rings (SSSR count). The summed E-state index contributed by atoms with van der Waals surface area (Å²) >= 11 is 0. The van der Waals surface area contributed by atoms with E-state index in [0.29, 0.717) is 12.4 Å². The van der Waals surface area contributed by atoms with Crippen LogP contribution in [0.5, 0.6) is 11.5 Å². The fourth-order valence-electron chi connectivity index (χ4n) is 1.08. The average molecular weight is 208 g/mol. The first kappa shape index (κ1) is 11.3. The smallest absolute Gasteiger partial charge is 0.130 e. The number of hydrogen-bond donors (Lipinski definition) is 1. The van der Waals surface area contributed by atoms with Crippen molar-refractivity contribution in [2.24, 2.45) is 0 Å². The molecule has 0 spiro atoms. The van der Waals surface area contributed by atoms with Crippen LogP contribution < -0.4 is 4.74 Å². The molecule has 2 nitrogen and oxygen atoms in total. The molecule has 1 N–H and O–H groups in total. The van der Waals surface area contributed by atoms with Crippen LogP contribution in [0.4, 0.5) is 4.39 Å². The normalized spacial score (nSPS) is 11.2. The molecule has 0 radical (unpaired) electrons. The van der Waals surface area contributed by atoms with Crippen molar-refractivity contribution in [1.29, 1.82) is 0 Å². The third kappa shape index (κ3) is 3.85. The number of allylic oxidation sites excluding steroid dienone is 2. The van der Waals surface area contributed by atoms with Crippen LogP contribution in [0.2, 0.25) is 0 Å². The van der Waals surface area contributed by atoms with Crippen molar-refractivity contribution in [3.63, 3.8) is 0 Å². The predicted molar refractivity (Wildman–Crippen MR) is 57.5 cm³/mol. The second-order valence-corrected chi connectivity index (χ2v) is 3.18. The van der Waals surface area contributed by atoms with Gasteiger partial charge in [-0.25, -0.2) is 4.39 Å². The fourth-order valence-corrected chi connectivity index (χ4v) is 1.08. The van der Waals surface area contributed by atoms with E-state index in [0.717, 1.165) is 11.6 Å². The standard InChI is InChI=1S/C12H13FO2/c1-3-4-9(2)8-15-12-6-10(13)5-11(14)7-12/h3-7,14H,1,8H2,2H3. The average Bonchev–Trinajstić information content (AvgIpc) is 2.14. The van der Waals surface area contributed by atoms with E-state index in [1.165, 1.54) is 12.1 Å². The number of hydrogen-bond acceptors (Lipinski definition) is 2. The zero-order chi connectivity index (χ0) is 11.3. The minimum absolute atomic E-state index is 0.143. The van der Waals surface area contributed by atoms with Gasteiger partial charge in [-0.3, -0.25) is 0 Å². The van der Waals surface area contributed by atoms with Gasteiger partial charge in [0.2, 0.25) is 0 Å². The monoisotopic (exact) mass is 208 g/mol. The maximum atomic E-state index is 12.8. The molecule has 0 aliphatic carbocycles. The number of aromatic hydroxyl groups is 1. The second-order valence-electron chi connectivity index (χ2n) is 3.18. The van der Waals surface area contributed by atoms with E-state index in [1.54, 1.807) is 12.2 Å². The van der Waals surface area contributed by atoms with Gasteiger partial charge in [-0.2, -0.15) is 0 Å². The minimum atomic E-state index is -0.518. The summed E-state index contributed by atoms with van der Waals surface area (Å²) in [6, 6.07) is 3.62. The zero-order valence-corrected chi connectivity index (χ0v) is 8.53. The van der Waals surface area contributed by atoms with Gasteiger partial charge in [-0.1, -0.05) is 18.7 Å². The lowest BCUT2D eigenvalue weighted by Gasteiger charge is -2.06. The van der Waals surface area contributed by atoms with E-state index in [4.69, 9.17) is 9.84 Å². The summed E-state index contributed by atoms with van der Waals surface area (Å²) in [6.45, 7) is 5.77. The minimum Gasteiger partial charge on any atom is -0.508 e. The molecule has 80 valence electrons. The maximum absolute atomic E-state index is 12.8. The van der Waals surface area contributed by atoms with Crippen molar-refractivity contribution >= 4 is 0 Å². The molecule has 0 unspecified atom stereocenters. The van der Waals surface area contributed by atoms with Gasteiger partial charge in [0.1, 0.15) is 23.9 Å². The highest BCUT2D eigenvalue weighted by Crippen LogP contribution is 2.21. The van der Waals surface area contributed by atoms with Crippen LogP contribution in [0.15, 0.2) is 42.5 Å². The van der Waals surface area contributed by atoms with E-state index in [9.17, 15) is 4.39 Å². The second kappa shape index (κ2) is 5.20. The Kier molecular flexibility index (Phi) is 3.92. The lowest BCUT2D eigenvalue weighted by atomic mass is 10.3. The lowest BCUT2D eigenvalue weighted by molar-refractivity contribution is 0.346. The van der Waals surface area contributed by atoms with Gasteiger partial charge in [0.25, 0.3) is 0 Å². The van der Waals surface area contributed by atoms with Crippen molar-refractivity contribution in [3.05, 3.63) is 48.3 Å². The van der Waals surface area contributed by atoms with Gasteiger partial charge >= 0.3 is 0 Å². The Morgan fingerprint density at radius 3 is 2.87 bits per heavy atom. The van der Waals surface area contributed by atoms with Crippen LogP contribution in [0.3, 0.4) is 0 Å². The fraction of sp³-hybridized carbons (Fsp3) is 0.167. The number of phenols is 1. The summed E-state index contributed by atoms with van der Waals surface area (Å²) in [5.74, 6) is -0.352. The molecule has 0 amide bonds. The van der Waals surface area contributed by atoms with E-state index in [1.807, 2.05) is 6.92 Å². The van der Waals surface area contributed by atoms with Gasteiger partial charge < -0.3 is 9.84 Å². The molecule has 0 bridgehead atoms. The Bertz CT molecular complexity index is 363. The van der Waals surface area contributed by atoms with Gasteiger partial charge in [-0.05, 0) is 12.5 Å². The summed E-state index contributed by atoms with van der Waals surface area (Å²) in [6.07, 6.45) is 3.46. The maximum Gasteiger partial charge on any atom is 0.130 e.